The van der Waals surface area contributed by atoms with Crippen molar-refractivity contribution in [2.75, 3.05) is 0 Å². The molecule has 0 fully saturated rings. The third-order valence-corrected chi connectivity index (χ3v) is 9.79. The van der Waals surface area contributed by atoms with E-state index in [0.717, 1.165) is 21.5 Å². The largest absolute Gasteiger partial charge is 0.455 e. The Morgan fingerprint density at radius 2 is 0.902 bits per heavy atom. The highest BCUT2D eigenvalue weighted by Crippen LogP contribution is 2.49. The van der Waals surface area contributed by atoms with E-state index >= 15 is 0 Å². The first-order valence-corrected chi connectivity index (χ1v) is 16.4. The van der Waals surface area contributed by atoms with Gasteiger partial charge >= 0.3 is 0 Å². The van der Waals surface area contributed by atoms with E-state index in [2.05, 4.69) is 0 Å². The number of fused-ring (bicyclic) bond motifs is 9. The Morgan fingerprint density at radius 1 is 0.333 bits per heavy atom. The molecule has 0 aliphatic rings. The van der Waals surface area contributed by atoms with Crippen molar-refractivity contribution in [1.29, 1.82) is 0 Å². The van der Waals surface area contributed by atoms with Crippen LogP contribution in [0.5, 0.6) is 0 Å². The maximum Gasteiger partial charge on any atom is 0.143 e. The van der Waals surface area contributed by atoms with Gasteiger partial charge in [0.25, 0.3) is 0 Å². The van der Waals surface area contributed by atoms with Gasteiger partial charge in [-0.1, -0.05) is 176 Å². The van der Waals surface area contributed by atoms with Crippen molar-refractivity contribution in [3.05, 3.63) is 182 Å². The molecule has 0 spiro atoms. The van der Waals surface area contributed by atoms with Gasteiger partial charge in [0.1, 0.15) is 11.2 Å². The Morgan fingerprint density at radius 3 is 1.67 bits per heavy atom. The molecule has 1 heteroatoms. The zero-order valence-corrected chi connectivity index (χ0v) is 26.6. The minimum absolute atomic E-state index is 0.0181. The van der Waals surface area contributed by atoms with Gasteiger partial charge in [0.05, 0.1) is 20.6 Å². The van der Waals surface area contributed by atoms with Gasteiger partial charge < -0.3 is 4.42 Å². The summed E-state index contributed by atoms with van der Waals surface area (Å²) in [5, 5.41) is 3.17. The number of hydrogen-bond donors (Lipinski definition) is 0. The van der Waals surface area contributed by atoms with Crippen LogP contribution in [0.2, 0.25) is 0 Å². The first kappa shape index (κ1) is 17.3. The Labute approximate surface area is 315 Å². The van der Waals surface area contributed by atoms with Crippen molar-refractivity contribution in [1.82, 2.24) is 0 Å². The third-order valence-electron chi connectivity index (χ3n) is 9.79. The van der Waals surface area contributed by atoms with Gasteiger partial charge in [0.2, 0.25) is 0 Å². The number of hydrogen-bond acceptors (Lipinski definition) is 1. The lowest BCUT2D eigenvalue weighted by atomic mass is 9.82. The van der Waals surface area contributed by atoms with Crippen LogP contribution < -0.4 is 0 Å². The van der Waals surface area contributed by atoms with E-state index in [1.807, 2.05) is 78.9 Å². The van der Waals surface area contributed by atoms with Crippen molar-refractivity contribution in [3.8, 4) is 33.4 Å². The Hall–Kier alpha value is -6.70. The number of para-hydroxylation sites is 1. The zero-order chi connectivity index (χ0) is 46.5. The topological polar surface area (TPSA) is 13.1 Å². The molecule has 0 bridgehead atoms. The lowest BCUT2D eigenvalue weighted by Gasteiger charge is -2.20. The fraction of sp³-hybridized carbons (Fsp3) is 0. The van der Waals surface area contributed by atoms with E-state index < -0.39 is 107 Å². The SMILES string of the molecule is [2H]c1c([2H])c([2H])c2c(-c3c4c([2H])c([2H])c([2H])c([2H])c4c(-c4cccc5cccc(-c6cccc7c6oc6ccc8ccccc8c67)c45)c4c([2H])c([2H])c([2H])c([2H])c34)c([2H])c([2H])c([2H])c2c1[2H]. The van der Waals surface area contributed by atoms with E-state index in [4.69, 9.17) is 18.1 Å². The molecule has 51 heavy (non-hydrogen) atoms. The van der Waals surface area contributed by atoms with Crippen molar-refractivity contribution < 1.29 is 25.0 Å². The summed E-state index contributed by atoms with van der Waals surface area (Å²) >= 11 is 0. The molecule has 11 aromatic rings. The lowest BCUT2D eigenvalue weighted by molar-refractivity contribution is 0.670. The Kier molecular flexibility index (Phi) is 3.70. The molecule has 11 rings (SSSR count). The second-order valence-electron chi connectivity index (χ2n) is 12.4. The van der Waals surface area contributed by atoms with Gasteiger partial charge in [-0.05, 0) is 87.7 Å². The molecule has 0 aliphatic heterocycles. The summed E-state index contributed by atoms with van der Waals surface area (Å²) in [5.74, 6) is 0. The fourth-order valence-electron chi connectivity index (χ4n) is 7.70. The second-order valence-corrected chi connectivity index (χ2v) is 12.4. The number of benzene rings is 10. The van der Waals surface area contributed by atoms with Gasteiger partial charge in [0, 0.05) is 16.3 Å². The maximum atomic E-state index is 9.63. The molecule has 0 radical (unpaired) electrons. The monoisotopic (exact) mass is 661 g/mol. The van der Waals surface area contributed by atoms with Crippen molar-refractivity contribution in [3.63, 3.8) is 0 Å². The highest BCUT2D eigenvalue weighted by atomic mass is 16.3. The molecular formula is C50H30O. The summed E-state index contributed by atoms with van der Waals surface area (Å²) in [5.41, 5.74) is 2.10. The molecule has 0 saturated heterocycles. The average Bonchev–Trinajstić information content (AvgIpc) is 3.72. The molecule has 0 unspecified atom stereocenters. The molecule has 1 heterocycles. The van der Waals surface area contributed by atoms with Crippen molar-refractivity contribution >= 4 is 75.8 Å². The highest BCUT2D eigenvalue weighted by molar-refractivity contribution is 6.27. The van der Waals surface area contributed by atoms with Crippen LogP contribution in [0.15, 0.2) is 186 Å². The number of rotatable bonds is 3. The second kappa shape index (κ2) is 10.9. The van der Waals surface area contributed by atoms with Crippen molar-refractivity contribution in [2.24, 2.45) is 0 Å². The normalized spacial score (nSPS) is 16.0. The summed E-state index contributed by atoms with van der Waals surface area (Å²) in [7, 11) is 0. The van der Waals surface area contributed by atoms with Crippen LogP contribution in [0.25, 0.3) is 109 Å². The Balaban J connectivity index is 1.39. The molecule has 0 N–H and O–H groups in total. The predicted molar refractivity (Wildman–Crippen MR) is 218 cm³/mol. The first-order chi connectivity index (χ1) is 31.6. The molecule has 236 valence electrons. The van der Waals surface area contributed by atoms with Crippen LogP contribution in [0.4, 0.5) is 0 Å². The molecule has 10 aromatic carbocycles. The van der Waals surface area contributed by atoms with Gasteiger partial charge in [-0.15, -0.1) is 0 Å². The Bertz CT molecular complexity index is 3970. The minimum atomic E-state index is -0.763. The van der Waals surface area contributed by atoms with Crippen LogP contribution in [0.3, 0.4) is 0 Å². The standard InChI is InChI=1S/C50H30O/c1-3-18-34-31(13-1)15-9-24-36(34)47-37-20-5-7-22-39(37)48(40-23-8-6-21-38(40)47)43-27-11-17-33-16-10-25-41(46(33)43)42-26-12-28-44-49-35-19-4-2-14-32(35)29-30-45(49)51-50(42)44/h1-30H/i1D,3D,5D,6D,7D,8D,9D,13D,15D,18D,20D,21D,22D,23D,24D. The quantitative estimate of drug-likeness (QED) is 0.172. The van der Waals surface area contributed by atoms with Crippen LogP contribution in [-0.4, -0.2) is 0 Å². The first-order valence-electron chi connectivity index (χ1n) is 23.9. The maximum absolute atomic E-state index is 9.63. The fourth-order valence-corrected chi connectivity index (χ4v) is 7.70. The summed E-state index contributed by atoms with van der Waals surface area (Å²) in [6.45, 7) is 0. The summed E-state index contributed by atoms with van der Waals surface area (Å²) in [4.78, 5) is 0. The smallest absolute Gasteiger partial charge is 0.143 e. The number of furan rings is 1. The molecule has 0 aliphatic carbocycles. The van der Waals surface area contributed by atoms with Crippen LogP contribution in [-0.2, 0) is 0 Å². The van der Waals surface area contributed by atoms with E-state index in [0.29, 0.717) is 38.6 Å². The van der Waals surface area contributed by atoms with E-state index in [9.17, 15) is 6.85 Å². The molecule has 0 saturated carbocycles. The third kappa shape index (κ3) is 4.09. The van der Waals surface area contributed by atoms with Gasteiger partial charge in [-0.2, -0.15) is 0 Å². The van der Waals surface area contributed by atoms with Gasteiger partial charge in [0.15, 0.2) is 0 Å². The van der Waals surface area contributed by atoms with Gasteiger partial charge in [-0.3, -0.25) is 0 Å². The van der Waals surface area contributed by atoms with Crippen molar-refractivity contribution in [2.45, 2.75) is 0 Å². The molecule has 1 aromatic heterocycles. The van der Waals surface area contributed by atoms with E-state index in [-0.39, 0.29) is 32.7 Å². The molecular weight excluding hydrogens is 617 g/mol. The van der Waals surface area contributed by atoms with E-state index in [1.165, 1.54) is 0 Å². The van der Waals surface area contributed by atoms with Crippen LogP contribution in [0, 0.1) is 0 Å². The van der Waals surface area contributed by atoms with Gasteiger partial charge in [-0.25, -0.2) is 0 Å². The highest BCUT2D eigenvalue weighted by Gasteiger charge is 2.22. The van der Waals surface area contributed by atoms with E-state index in [1.54, 1.807) is 12.1 Å². The zero-order valence-electron chi connectivity index (χ0n) is 41.6. The summed E-state index contributed by atoms with van der Waals surface area (Å²) in [6, 6.07) is 18.4. The molecule has 1 nitrogen and oxygen atoms in total. The lowest BCUT2D eigenvalue weighted by Crippen LogP contribution is -1.93. The minimum Gasteiger partial charge on any atom is -0.455 e. The summed E-state index contributed by atoms with van der Waals surface area (Å²) in [6.07, 6.45) is 0. The average molecular weight is 662 g/mol. The van der Waals surface area contributed by atoms with Crippen LogP contribution >= 0.6 is 0 Å². The predicted octanol–water partition coefficient (Wildman–Crippen LogP) is 14.4. The summed E-state index contributed by atoms with van der Waals surface area (Å²) < 4.78 is 143. The molecule has 0 amide bonds. The molecule has 0 atom stereocenters. The van der Waals surface area contributed by atoms with Crippen LogP contribution in [0.1, 0.15) is 20.6 Å².